The summed E-state index contributed by atoms with van der Waals surface area (Å²) in [6.45, 7) is 4.18. The molecule has 3 nitrogen and oxygen atoms in total. The van der Waals surface area contributed by atoms with Gasteiger partial charge >= 0.3 is 0 Å². The highest BCUT2D eigenvalue weighted by Crippen LogP contribution is 2.17. The smallest absolute Gasteiger partial charge is 0.237 e. The fraction of sp³-hybridized carbons (Fsp3) is 0.909. The van der Waals surface area contributed by atoms with Crippen LogP contribution in [0.2, 0.25) is 0 Å². The van der Waals surface area contributed by atoms with Crippen LogP contribution in [-0.2, 0) is 4.79 Å². The number of thioether (sulfide) groups is 1. The van der Waals surface area contributed by atoms with Gasteiger partial charge < -0.3 is 11.1 Å². The van der Waals surface area contributed by atoms with Gasteiger partial charge in [-0.15, -0.1) is 0 Å². The molecular formula is C11H22N2OS. The molecule has 1 amide bonds. The zero-order valence-electron chi connectivity index (χ0n) is 9.66. The Balaban J connectivity index is 2.27. The van der Waals surface area contributed by atoms with E-state index in [1.165, 1.54) is 0 Å². The molecule has 1 atom stereocenters. The summed E-state index contributed by atoms with van der Waals surface area (Å²) in [5.74, 6) is 2.82. The van der Waals surface area contributed by atoms with Crippen LogP contribution in [0.15, 0.2) is 0 Å². The maximum absolute atomic E-state index is 11.7. The molecule has 4 heteroatoms. The number of carbonyl (C=O) groups is 1. The Labute approximate surface area is 96.6 Å². The van der Waals surface area contributed by atoms with Crippen molar-refractivity contribution in [2.75, 3.05) is 11.5 Å². The Morgan fingerprint density at radius 3 is 2.60 bits per heavy atom. The van der Waals surface area contributed by atoms with E-state index in [4.69, 9.17) is 5.73 Å². The van der Waals surface area contributed by atoms with E-state index >= 15 is 0 Å². The second-order valence-electron chi connectivity index (χ2n) is 4.63. The van der Waals surface area contributed by atoms with Crippen LogP contribution in [0.4, 0.5) is 0 Å². The summed E-state index contributed by atoms with van der Waals surface area (Å²) in [4.78, 5) is 11.7. The van der Waals surface area contributed by atoms with Crippen molar-refractivity contribution in [3.63, 3.8) is 0 Å². The predicted octanol–water partition coefficient (Wildman–Crippen LogP) is 1.37. The van der Waals surface area contributed by atoms with Crippen molar-refractivity contribution < 1.29 is 4.79 Å². The normalized spacial score (nSPS) is 20.3. The van der Waals surface area contributed by atoms with Gasteiger partial charge in [0.1, 0.15) is 0 Å². The first-order valence-electron chi connectivity index (χ1n) is 5.73. The molecule has 0 aromatic heterocycles. The Morgan fingerprint density at radius 1 is 1.47 bits per heavy atom. The summed E-state index contributed by atoms with van der Waals surface area (Å²) >= 11 is 1.96. The first-order chi connectivity index (χ1) is 7.09. The van der Waals surface area contributed by atoms with E-state index in [2.05, 4.69) is 19.2 Å². The third-order valence-corrected chi connectivity index (χ3v) is 3.68. The highest BCUT2D eigenvalue weighted by Gasteiger charge is 2.20. The molecule has 0 bridgehead atoms. The van der Waals surface area contributed by atoms with E-state index in [-0.39, 0.29) is 11.9 Å². The van der Waals surface area contributed by atoms with Crippen LogP contribution in [0.3, 0.4) is 0 Å². The van der Waals surface area contributed by atoms with Gasteiger partial charge in [0.2, 0.25) is 5.91 Å². The lowest BCUT2D eigenvalue weighted by Gasteiger charge is -2.24. The summed E-state index contributed by atoms with van der Waals surface area (Å²) in [5, 5.41) is 3.05. The van der Waals surface area contributed by atoms with Crippen LogP contribution < -0.4 is 11.1 Å². The highest BCUT2D eigenvalue weighted by atomic mass is 32.2. The second kappa shape index (κ2) is 6.38. The Hall–Kier alpha value is -0.220. The van der Waals surface area contributed by atoms with E-state index in [1.54, 1.807) is 0 Å². The minimum Gasteiger partial charge on any atom is -0.352 e. The molecule has 0 radical (unpaired) electrons. The first-order valence-corrected chi connectivity index (χ1v) is 6.88. The molecule has 1 heterocycles. The maximum atomic E-state index is 11.7. The second-order valence-corrected chi connectivity index (χ2v) is 5.86. The van der Waals surface area contributed by atoms with Crippen molar-refractivity contribution >= 4 is 17.7 Å². The molecule has 3 N–H and O–H groups in total. The standard InChI is InChI=1S/C11H22N2OS/c1-8(2)7-10(12)11(14)13-9-3-5-15-6-4-9/h8-10H,3-7,12H2,1-2H3,(H,13,14). The Kier molecular flexibility index (Phi) is 5.47. The maximum Gasteiger partial charge on any atom is 0.237 e. The van der Waals surface area contributed by atoms with Gasteiger partial charge in [0.25, 0.3) is 0 Å². The van der Waals surface area contributed by atoms with Crippen molar-refractivity contribution in [3.05, 3.63) is 0 Å². The van der Waals surface area contributed by atoms with Crippen molar-refractivity contribution in [1.82, 2.24) is 5.32 Å². The highest BCUT2D eigenvalue weighted by molar-refractivity contribution is 7.99. The van der Waals surface area contributed by atoms with Crippen LogP contribution in [0, 0.1) is 5.92 Å². The van der Waals surface area contributed by atoms with Gasteiger partial charge in [-0.2, -0.15) is 11.8 Å². The molecule has 0 aromatic carbocycles. The van der Waals surface area contributed by atoms with Gasteiger partial charge in [-0.1, -0.05) is 13.8 Å². The van der Waals surface area contributed by atoms with Gasteiger partial charge in [0.05, 0.1) is 6.04 Å². The average Bonchev–Trinajstić information content (AvgIpc) is 2.18. The number of nitrogens with one attached hydrogen (secondary N) is 1. The Bertz CT molecular complexity index is 203. The molecule has 1 rings (SSSR count). The van der Waals surface area contributed by atoms with Gasteiger partial charge in [-0.25, -0.2) is 0 Å². The van der Waals surface area contributed by atoms with Crippen molar-refractivity contribution in [2.24, 2.45) is 11.7 Å². The first kappa shape index (κ1) is 12.8. The SMILES string of the molecule is CC(C)CC(N)C(=O)NC1CCSCC1. The van der Waals surface area contributed by atoms with Crippen LogP contribution in [-0.4, -0.2) is 29.5 Å². The molecule has 15 heavy (non-hydrogen) atoms. The lowest BCUT2D eigenvalue weighted by molar-refractivity contribution is -0.123. The van der Waals surface area contributed by atoms with Crippen molar-refractivity contribution in [3.8, 4) is 0 Å². The molecular weight excluding hydrogens is 208 g/mol. The molecule has 0 spiro atoms. The van der Waals surface area contributed by atoms with E-state index in [0.717, 1.165) is 30.8 Å². The number of nitrogens with two attached hydrogens (primary N) is 1. The quantitative estimate of drug-likeness (QED) is 0.767. The van der Waals surface area contributed by atoms with Crippen LogP contribution >= 0.6 is 11.8 Å². The van der Waals surface area contributed by atoms with E-state index in [1.807, 2.05) is 11.8 Å². The largest absolute Gasteiger partial charge is 0.352 e. The molecule has 1 unspecified atom stereocenters. The summed E-state index contributed by atoms with van der Waals surface area (Å²) in [5.41, 5.74) is 5.82. The van der Waals surface area contributed by atoms with Crippen LogP contribution in [0.25, 0.3) is 0 Å². The van der Waals surface area contributed by atoms with Crippen molar-refractivity contribution in [2.45, 2.75) is 45.2 Å². The summed E-state index contributed by atoms with van der Waals surface area (Å²) in [7, 11) is 0. The predicted molar refractivity (Wildman–Crippen MR) is 65.9 cm³/mol. The van der Waals surface area contributed by atoms with Gasteiger partial charge in [0, 0.05) is 6.04 Å². The molecule has 1 aliphatic rings. The summed E-state index contributed by atoms with van der Waals surface area (Å²) in [6.07, 6.45) is 2.95. The van der Waals surface area contributed by atoms with Gasteiger partial charge in [-0.05, 0) is 36.7 Å². The molecule has 0 aliphatic carbocycles. The molecule has 0 aromatic rings. The minimum atomic E-state index is -0.334. The lowest BCUT2D eigenvalue weighted by Crippen LogP contribution is -2.46. The lowest BCUT2D eigenvalue weighted by atomic mass is 10.0. The van der Waals surface area contributed by atoms with Gasteiger partial charge in [0.15, 0.2) is 0 Å². The van der Waals surface area contributed by atoms with E-state index in [9.17, 15) is 4.79 Å². The van der Waals surface area contributed by atoms with Crippen LogP contribution in [0.1, 0.15) is 33.1 Å². The molecule has 1 aliphatic heterocycles. The molecule has 1 fully saturated rings. The zero-order chi connectivity index (χ0) is 11.3. The number of amides is 1. The molecule has 0 saturated carbocycles. The number of hydrogen-bond acceptors (Lipinski definition) is 3. The third-order valence-electron chi connectivity index (χ3n) is 2.63. The number of hydrogen-bond donors (Lipinski definition) is 2. The Morgan fingerprint density at radius 2 is 2.07 bits per heavy atom. The summed E-state index contributed by atoms with van der Waals surface area (Å²) < 4.78 is 0. The molecule has 88 valence electrons. The van der Waals surface area contributed by atoms with E-state index < -0.39 is 0 Å². The van der Waals surface area contributed by atoms with Crippen LogP contribution in [0.5, 0.6) is 0 Å². The van der Waals surface area contributed by atoms with E-state index in [0.29, 0.717) is 12.0 Å². The minimum absolute atomic E-state index is 0.0283. The molecule has 1 saturated heterocycles. The topological polar surface area (TPSA) is 55.1 Å². The monoisotopic (exact) mass is 230 g/mol. The average molecular weight is 230 g/mol. The third kappa shape index (κ3) is 4.89. The number of rotatable bonds is 4. The zero-order valence-corrected chi connectivity index (χ0v) is 10.5. The number of carbonyl (C=O) groups excluding carboxylic acids is 1. The van der Waals surface area contributed by atoms with Gasteiger partial charge in [-0.3, -0.25) is 4.79 Å². The summed E-state index contributed by atoms with van der Waals surface area (Å²) in [6, 6.07) is 0.0246. The van der Waals surface area contributed by atoms with Crippen molar-refractivity contribution in [1.29, 1.82) is 0 Å². The fourth-order valence-corrected chi connectivity index (χ4v) is 2.87. The fourth-order valence-electron chi connectivity index (χ4n) is 1.77.